The van der Waals surface area contributed by atoms with E-state index in [4.69, 9.17) is 17.0 Å². The van der Waals surface area contributed by atoms with Crippen LogP contribution in [-0.2, 0) is 11.3 Å². The summed E-state index contributed by atoms with van der Waals surface area (Å²) in [7, 11) is 0. The lowest BCUT2D eigenvalue weighted by Crippen LogP contribution is -2.13. The number of fused-ring (bicyclic) bond motifs is 2. The van der Waals surface area contributed by atoms with E-state index in [-0.39, 0.29) is 12.4 Å². The fourth-order valence-electron chi connectivity index (χ4n) is 3.43. The highest BCUT2D eigenvalue weighted by Gasteiger charge is 2.21. The van der Waals surface area contributed by atoms with Crippen LogP contribution in [0.1, 0.15) is 23.0 Å². The molecule has 0 spiro atoms. The average Bonchev–Trinajstić information content (AvgIpc) is 3.05. The molecule has 2 heterocycles. The minimum absolute atomic E-state index is 0.277. The van der Waals surface area contributed by atoms with Crippen LogP contribution in [0.2, 0.25) is 0 Å². The van der Waals surface area contributed by atoms with Crippen LogP contribution in [0.25, 0.3) is 26.7 Å². The molecule has 0 aliphatic heterocycles. The molecule has 6 heteroatoms. The van der Waals surface area contributed by atoms with Crippen LogP contribution >= 0.6 is 0 Å². The Kier molecular flexibility index (Phi) is 4.42. The third-order valence-electron chi connectivity index (χ3n) is 4.63. The standard InChI is InChI=1S/C22H18N4O2/c1-3-28-22(27)19-12-15-8-9-20(24-2)25-21(15)26(19)13-16-11-17(23)10-14-6-4-5-7-18(14)16/h4-12H,3,13,23H2,1H3. The lowest BCUT2D eigenvalue weighted by Gasteiger charge is -2.12. The van der Waals surface area contributed by atoms with Crippen LogP contribution in [0, 0.1) is 6.57 Å². The quantitative estimate of drug-likeness (QED) is 0.325. The molecule has 2 aromatic heterocycles. The van der Waals surface area contributed by atoms with Gasteiger partial charge in [0, 0.05) is 11.1 Å². The summed E-state index contributed by atoms with van der Waals surface area (Å²) in [6.07, 6.45) is 0. The van der Waals surface area contributed by atoms with Crippen LogP contribution in [0.15, 0.2) is 54.6 Å². The van der Waals surface area contributed by atoms with Gasteiger partial charge in [-0.3, -0.25) is 4.57 Å². The number of carbonyl (C=O) groups is 1. The Hall–Kier alpha value is -3.85. The summed E-state index contributed by atoms with van der Waals surface area (Å²) >= 11 is 0. The molecule has 0 saturated heterocycles. The van der Waals surface area contributed by atoms with E-state index >= 15 is 0 Å². The van der Waals surface area contributed by atoms with Gasteiger partial charge in [-0.1, -0.05) is 36.9 Å². The minimum atomic E-state index is -0.418. The third-order valence-corrected chi connectivity index (χ3v) is 4.63. The first kappa shape index (κ1) is 17.6. The molecule has 0 amide bonds. The van der Waals surface area contributed by atoms with Crippen molar-refractivity contribution in [2.75, 3.05) is 12.3 Å². The molecule has 0 radical (unpaired) electrons. The molecule has 4 rings (SSSR count). The number of ether oxygens (including phenoxy) is 1. The molecule has 2 N–H and O–H groups in total. The van der Waals surface area contributed by atoms with Gasteiger partial charge in [-0.05, 0) is 47.5 Å². The SMILES string of the molecule is [C-]#[N+]c1ccc2cc(C(=O)OCC)n(Cc3cc(N)cc4ccccc34)c2n1. The highest BCUT2D eigenvalue weighted by molar-refractivity contribution is 5.95. The molecule has 0 aliphatic rings. The van der Waals surface area contributed by atoms with Crippen molar-refractivity contribution in [3.8, 4) is 0 Å². The summed E-state index contributed by atoms with van der Waals surface area (Å²) in [4.78, 5) is 20.4. The molecule has 0 atom stereocenters. The number of nitrogens with two attached hydrogens (primary N) is 1. The van der Waals surface area contributed by atoms with Crippen LogP contribution in [0.4, 0.5) is 11.5 Å². The van der Waals surface area contributed by atoms with Crippen molar-refractivity contribution in [1.82, 2.24) is 9.55 Å². The molecular formula is C22H18N4O2. The molecule has 138 valence electrons. The van der Waals surface area contributed by atoms with Gasteiger partial charge >= 0.3 is 5.97 Å². The molecule has 28 heavy (non-hydrogen) atoms. The van der Waals surface area contributed by atoms with Crippen LogP contribution < -0.4 is 5.73 Å². The Balaban J connectivity index is 1.94. The predicted octanol–water partition coefficient (Wildman–Crippen LogP) is 4.55. The smallest absolute Gasteiger partial charge is 0.355 e. The van der Waals surface area contributed by atoms with Gasteiger partial charge in [0.15, 0.2) is 0 Å². The number of hydrogen-bond acceptors (Lipinski definition) is 4. The fraction of sp³-hybridized carbons (Fsp3) is 0.136. The molecule has 0 bridgehead atoms. The summed E-state index contributed by atoms with van der Waals surface area (Å²) < 4.78 is 7.03. The van der Waals surface area contributed by atoms with E-state index in [2.05, 4.69) is 9.83 Å². The van der Waals surface area contributed by atoms with Gasteiger partial charge in [0.2, 0.25) is 5.65 Å². The third kappa shape index (κ3) is 3.03. The zero-order valence-corrected chi connectivity index (χ0v) is 15.3. The number of hydrogen-bond donors (Lipinski definition) is 1. The van der Waals surface area contributed by atoms with E-state index in [9.17, 15) is 4.79 Å². The summed E-state index contributed by atoms with van der Waals surface area (Å²) in [5, 5.41) is 2.86. The van der Waals surface area contributed by atoms with Crippen molar-refractivity contribution in [3.63, 3.8) is 0 Å². The molecule has 4 aromatic rings. The Bertz CT molecular complexity index is 1250. The van der Waals surface area contributed by atoms with Crippen LogP contribution in [-0.4, -0.2) is 22.1 Å². The van der Waals surface area contributed by atoms with Gasteiger partial charge in [0.25, 0.3) is 5.82 Å². The minimum Gasteiger partial charge on any atom is -0.461 e. The van der Waals surface area contributed by atoms with Crippen LogP contribution in [0.3, 0.4) is 0 Å². The summed E-state index contributed by atoms with van der Waals surface area (Å²) in [5.74, 6) is -0.141. The maximum atomic E-state index is 12.6. The van der Waals surface area contributed by atoms with E-state index in [1.807, 2.05) is 36.4 Å². The number of nitrogen functional groups attached to an aromatic ring is 1. The average molecular weight is 370 g/mol. The van der Waals surface area contributed by atoms with Crippen molar-refractivity contribution in [2.45, 2.75) is 13.5 Å². The predicted molar refractivity (Wildman–Crippen MR) is 109 cm³/mol. The van der Waals surface area contributed by atoms with Gasteiger partial charge in [0.1, 0.15) is 5.69 Å². The topological polar surface area (TPSA) is 74.5 Å². The van der Waals surface area contributed by atoms with Gasteiger partial charge < -0.3 is 15.3 Å². The van der Waals surface area contributed by atoms with E-state index in [1.165, 1.54) is 0 Å². The molecule has 0 fully saturated rings. The first-order valence-corrected chi connectivity index (χ1v) is 8.92. The van der Waals surface area contributed by atoms with E-state index in [1.54, 1.807) is 29.7 Å². The highest BCUT2D eigenvalue weighted by Crippen LogP contribution is 2.27. The highest BCUT2D eigenvalue weighted by atomic mass is 16.5. The maximum absolute atomic E-state index is 12.6. The molecule has 0 aliphatic carbocycles. The number of benzene rings is 2. The second-order valence-corrected chi connectivity index (χ2v) is 6.43. The second kappa shape index (κ2) is 7.05. The summed E-state index contributed by atoms with van der Waals surface area (Å²) in [5.41, 5.74) is 8.69. The molecule has 2 aromatic carbocycles. The Morgan fingerprint density at radius 1 is 1.18 bits per heavy atom. The zero-order chi connectivity index (χ0) is 19.7. The number of carbonyl (C=O) groups excluding carboxylic acids is 1. The Morgan fingerprint density at radius 3 is 2.79 bits per heavy atom. The molecule has 0 unspecified atom stereocenters. The van der Waals surface area contributed by atoms with Crippen LogP contribution in [0.5, 0.6) is 0 Å². The molecule has 6 nitrogen and oxygen atoms in total. The van der Waals surface area contributed by atoms with E-state index in [0.29, 0.717) is 23.6 Å². The summed E-state index contributed by atoms with van der Waals surface area (Å²) in [6, 6.07) is 17.0. The van der Waals surface area contributed by atoms with E-state index < -0.39 is 5.97 Å². The first-order chi connectivity index (χ1) is 13.6. The lowest BCUT2D eigenvalue weighted by molar-refractivity contribution is 0.0515. The van der Waals surface area contributed by atoms with Gasteiger partial charge in [-0.2, -0.15) is 0 Å². The first-order valence-electron chi connectivity index (χ1n) is 8.92. The Labute approximate surface area is 162 Å². The lowest BCUT2D eigenvalue weighted by atomic mass is 10.0. The number of rotatable bonds is 4. The number of pyridine rings is 1. The van der Waals surface area contributed by atoms with Crippen molar-refractivity contribution >= 4 is 39.3 Å². The molecular weight excluding hydrogens is 352 g/mol. The second-order valence-electron chi connectivity index (χ2n) is 6.43. The van der Waals surface area contributed by atoms with Crippen molar-refractivity contribution in [1.29, 1.82) is 0 Å². The van der Waals surface area contributed by atoms with Gasteiger partial charge in [-0.15, -0.1) is 4.98 Å². The maximum Gasteiger partial charge on any atom is 0.355 e. The number of nitrogens with zero attached hydrogens (tertiary/aromatic N) is 3. The molecule has 0 saturated carbocycles. The van der Waals surface area contributed by atoms with Crippen molar-refractivity contribution in [3.05, 3.63) is 77.3 Å². The zero-order valence-electron chi connectivity index (χ0n) is 15.3. The monoisotopic (exact) mass is 370 g/mol. The number of aromatic nitrogens is 2. The van der Waals surface area contributed by atoms with Gasteiger partial charge in [-0.25, -0.2) is 4.79 Å². The number of anilines is 1. The van der Waals surface area contributed by atoms with Gasteiger partial charge in [0.05, 0.1) is 13.2 Å². The van der Waals surface area contributed by atoms with Crippen molar-refractivity contribution in [2.24, 2.45) is 0 Å². The fourth-order valence-corrected chi connectivity index (χ4v) is 3.43. The number of esters is 1. The normalized spacial score (nSPS) is 10.9. The van der Waals surface area contributed by atoms with E-state index in [0.717, 1.165) is 21.7 Å². The largest absolute Gasteiger partial charge is 0.461 e. The Morgan fingerprint density at radius 2 is 2.00 bits per heavy atom. The summed E-state index contributed by atoms with van der Waals surface area (Å²) in [6.45, 7) is 9.69. The van der Waals surface area contributed by atoms with Crippen molar-refractivity contribution < 1.29 is 9.53 Å².